The van der Waals surface area contributed by atoms with Crippen LogP contribution in [0.3, 0.4) is 0 Å². The van der Waals surface area contributed by atoms with Crippen LogP contribution in [0.5, 0.6) is 5.75 Å². The molecule has 0 spiro atoms. The van der Waals surface area contributed by atoms with Crippen molar-refractivity contribution in [1.29, 1.82) is 0 Å². The molecule has 2 amide bonds. The highest BCUT2D eigenvalue weighted by Gasteiger charge is 2.10. The minimum atomic E-state index is -0.457. The summed E-state index contributed by atoms with van der Waals surface area (Å²) in [5.74, 6) is -0.637. The molecule has 0 aliphatic heterocycles. The van der Waals surface area contributed by atoms with Gasteiger partial charge >= 0.3 is 5.97 Å². The molecule has 0 saturated heterocycles. The first kappa shape index (κ1) is 18.5. The van der Waals surface area contributed by atoms with Crippen LogP contribution in [0.2, 0.25) is 5.02 Å². The van der Waals surface area contributed by atoms with Crippen molar-refractivity contribution < 1.29 is 19.1 Å². The molecular weight excluding hydrogens is 344 g/mol. The number of carbonyl (C=O) groups is 3. The third-order valence-electron chi connectivity index (χ3n) is 3.17. The van der Waals surface area contributed by atoms with Crippen LogP contribution in [-0.4, -0.2) is 24.3 Å². The maximum absolute atomic E-state index is 12.2. The zero-order chi connectivity index (χ0) is 18.2. The Morgan fingerprint density at radius 1 is 1.04 bits per heavy atom. The summed E-state index contributed by atoms with van der Waals surface area (Å²) in [6.07, 6.45) is 0.0740. The fourth-order valence-electron chi connectivity index (χ4n) is 1.97. The lowest BCUT2D eigenvalue weighted by molar-refractivity contribution is -0.134. The number of ether oxygens (including phenoxy) is 1. The zero-order valence-electron chi connectivity index (χ0n) is 13.5. The number of anilines is 1. The molecule has 0 bridgehead atoms. The highest BCUT2D eigenvalue weighted by Crippen LogP contribution is 2.19. The SMILES string of the molecule is CC(=O)NCCC(=O)Oc1ccc(NC(=O)c2ccccc2Cl)cc1. The lowest BCUT2D eigenvalue weighted by atomic mass is 10.2. The van der Waals surface area contributed by atoms with Crippen LogP contribution < -0.4 is 15.4 Å². The van der Waals surface area contributed by atoms with Crippen molar-refractivity contribution in [2.45, 2.75) is 13.3 Å². The van der Waals surface area contributed by atoms with E-state index in [1.807, 2.05) is 0 Å². The Kier molecular flexibility index (Phi) is 6.54. The van der Waals surface area contributed by atoms with E-state index in [4.69, 9.17) is 16.3 Å². The van der Waals surface area contributed by atoms with Crippen LogP contribution >= 0.6 is 11.6 Å². The third kappa shape index (κ3) is 5.93. The van der Waals surface area contributed by atoms with Crippen LogP contribution in [-0.2, 0) is 9.59 Å². The van der Waals surface area contributed by atoms with E-state index in [2.05, 4.69) is 10.6 Å². The van der Waals surface area contributed by atoms with Gasteiger partial charge in [-0.1, -0.05) is 23.7 Å². The molecule has 2 aromatic carbocycles. The first-order valence-electron chi connectivity index (χ1n) is 7.57. The quantitative estimate of drug-likeness (QED) is 0.612. The summed E-state index contributed by atoms with van der Waals surface area (Å²) in [6, 6.07) is 13.1. The maximum Gasteiger partial charge on any atom is 0.312 e. The summed E-state index contributed by atoms with van der Waals surface area (Å²) in [7, 11) is 0. The number of hydrogen-bond donors (Lipinski definition) is 2. The Hall–Kier alpha value is -2.86. The van der Waals surface area contributed by atoms with Crippen molar-refractivity contribution in [1.82, 2.24) is 5.32 Å². The van der Waals surface area contributed by atoms with E-state index < -0.39 is 5.97 Å². The highest BCUT2D eigenvalue weighted by atomic mass is 35.5. The summed E-state index contributed by atoms with van der Waals surface area (Å²) in [5.41, 5.74) is 0.917. The van der Waals surface area contributed by atoms with E-state index in [9.17, 15) is 14.4 Å². The second-order valence-electron chi connectivity index (χ2n) is 5.17. The summed E-state index contributed by atoms with van der Waals surface area (Å²) >= 11 is 5.98. The highest BCUT2D eigenvalue weighted by molar-refractivity contribution is 6.34. The van der Waals surface area contributed by atoms with Crippen molar-refractivity contribution in [3.63, 3.8) is 0 Å². The van der Waals surface area contributed by atoms with E-state index in [0.29, 0.717) is 22.0 Å². The van der Waals surface area contributed by atoms with Crippen molar-refractivity contribution in [2.24, 2.45) is 0 Å². The Morgan fingerprint density at radius 3 is 2.36 bits per heavy atom. The normalized spacial score (nSPS) is 10.0. The first-order chi connectivity index (χ1) is 12.0. The largest absolute Gasteiger partial charge is 0.426 e. The van der Waals surface area contributed by atoms with Gasteiger partial charge in [-0.2, -0.15) is 0 Å². The van der Waals surface area contributed by atoms with Gasteiger partial charge in [-0.05, 0) is 36.4 Å². The number of halogens is 1. The molecule has 0 radical (unpaired) electrons. The smallest absolute Gasteiger partial charge is 0.312 e. The van der Waals surface area contributed by atoms with Gasteiger partial charge in [-0.25, -0.2) is 0 Å². The average molecular weight is 361 g/mol. The molecule has 0 aliphatic rings. The van der Waals surface area contributed by atoms with Gasteiger partial charge in [0, 0.05) is 19.2 Å². The Labute approximate surface area is 150 Å². The first-order valence-corrected chi connectivity index (χ1v) is 7.94. The van der Waals surface area contributed by atoms with Gasteiger partial charge in [-0.3, -0.25) is 14.4 Å². The fraction of sp³-hybridized carbons (Fsp3) is 0.167. The number of nitrogens with one attached hydrogen (secondary N) is 2. The molecule has 0 aromatic heterocycles. The molecule has 0 fully saturated rings. The van der Waals surface area contributed by atoms with E-state index in [0.717, 1.165) is 0 Å². The molecule has 2 aromatic rings. The second-order valence-corrected chi connectivity index (χ2v) is 5.57. The van der Waals surface area contributed by atoms with E-state index >= 15 is 0 Å². The molecule has 7 heteroatoms. The lowest BCUT2D eigenvalue weighted by Gasteiger charge is -2.08. The van der Waals surface area contributed by atoms with E-state index in [-0.39, 0.29) is 24.8 Å². The summed E-state index contributed by atoms with van der Waals surface area (Å²) < 4.78 is 5.14. The second kappa shape index (κ2) is 8.84. The number of benzene rings is 2. The molecule has 0 unspecified atom stereocenters. The van der Waals surface area contributed by atoms with Crippen LogP contribution in [0.4, 0.5) is 5.69 Å². The molecule has 6 nitrogen and oxygen atoms in total. The molecule has 2 rings (SSSR count). The predicted octanol–water partition coefficient (Wildman–Crippen LogP) is 3.02. The molecule has 25 heavy (non-hydrogen) atoms. The Balaban J connectivity index is 1.89. The molecule has 0 heterocycles. The van der Waals surface area contributed by atoms with Crippen molar-refractivity contribution in [3.8, 4) is 5.75 Å². The van der Waals surface area contributed by atoms with Crippen LogP contribution in [0.15, 0.2) is 48.5 Å². The summed E-state index contributed by atoms with van der Waals surface area (Å²) in [5, 5.41) is 5.60. The van der Waals surface area contributed by atoms with Gasteiger partial charge in [0.1, 0.15) is 5.75 Å². The van der Waals surface area contributed by atoms with Gasteiger partial charge in [0.05, 0.1) is 17.0 Å². The van der Waals surface area contributed by atoms with Crippen molar-refractivity contribution in [2.75, 3.05) is 11.9 Å². The molecule has 130 valence electrons. The van der Waals surface area contributed by atoms with Gasteiger partial charge in [-0.15, -0.1) is 0 Å². The molecule has 0 aliphatic carbocycles. The number of esters is 1. The predicted molar refractivity (Wildman–Crippen MR) is 94.8 cm³/mol. The monoisotopic (exact) mass is 360 g/mol. The van der Waals surface area contributed by atoms with Gasteiger partial charge in [0.25, 0.3) is 5.91 Å². The summed E-state index contributed by atoms with van der Waals surface area (Å²) in [4.78, 5) is 34.5. The van der Waals surface area contributed by atoms with Gasteiger partial charge in [0.15, 0.2) is 0 Å². The van der Waals surface area contributed by atoms with Crippen LogP contribution in [0.1, 0.15) is 23.7 Å². The molecular formula is C18H17ClN2O4. The van der Waals surface area contributed by atoms with Gasteiger partial charge in [0.2, 0.25) is 5.91 Å². The third-order valence-corrected chi connectivity index (χ3v) is 3.50. The average Bonchev–Trinajstić information content (AvgIpc) is 2.56. The Morgan fingerprint density at radius 2 is 1.72 bits per heavy atom. The van der Waals surface area contributed by atoms with Crippen LogP contribution in [0.25, 0.3) is 0 Å². The number of carbonyl (C=O) groups excluding carboxylic acids is 3. The zero-order valence-corrected chi connectivity index (χ0v) is 14.3. The van der Waals surface area contributed by atoms with Gasteiger partial charge < -0.3 is 15.4 Å². The molecule has 0 saturated carbocycles. The standard InChI is InChI=1S/C18H17ClN2O4/c1-12(22)20-11-10-17(23)25-14-8-6-13(7-9-14)21-18(24)15-4-2-3-5-16(15)19/h2-9H,10-11H2,1H3,(H,20,22)(H,21,24). The number of hydrogen-bond acceptors (Lipinski definition) is 4. The number of rotatable bonds is 6. The van der Waals surface area contributed by atoms with Crippen LogP contribution in [0, 0.1) is 0 Å². The topological polar surface area (TPSA) is 84.5 Å². The van der Waals surface area contributed by atoms with E-state index in [1.54, 1.807) is 48.5 Å². The minimum Gasteiger partial charge on any atom is -0.426 e. The van der Waals surface area contributed by atoms with Crippen molar-refractivity contribution in [3.05, 3.63) is 59.1 Å². The maximum atomic E-state index is 12.2. The number of amides is 2. The van der Waals surface area contributed by atoms with E-state index in [1.165, 1.54) is 6.92 Å². The Bertz CT molecular complexity index is 775. The molecule has 2 N–H and O–H groups in total. The minimum absolute atomic E-state index is 0.0740. The molecule has 0 atom stereocenters. The summed E-state index contributed by atoms with van der Waals surface area (Å²) in [6.45, 7) is 1.60. The lowest BCUT2D eigenvalue weighted by Crippen LogP contribution is -2.24. The van der Waals surface area contributed by atoms with Crippen molar-refractivity contribution >= 4 is 35.1 Å². The fourth-order valence-corrected chi connectivity index (χ4v) is 2.19.